The third-order valence-corrected chi connectivity index (χ3v) is 2.93. The highest BCUT2D eigenvalue weighted by atomic mass is 16.5. The molecule has 3 nitrogen and oxygen atoms in total. The van der Waals surface area contributed by atoms with Crippen molar-refractivity contribution in [2.24, 2.45) is 0 Å². The molecule has 0 spiro atoms. The van der Waals surface area contributed by atoms with Crippen LogP contribution in [-0.2, 0) is 4.74 Å². The molecule has 0 amide bonds. The maximum atomic E-state index is 12.1. The standard InChI is InChI=1S/C14H14O3/c1-4-17-13-7-12(15)10-5-8(2)9(3)6-11(10)14(13)16/h5-7H,4H2,1-3H3. The highest BCUT2D eigenvalue weighted by molar-refractivity contribution is 6.23. The first-order valence-electron chi connectivity index (χ1n) is 5.59. The summed E-state index contributed by atoms with van der Waals surface area (Å²) in [6, 6.07) is 3.53. The van der Waals surface area contributed by atoms with Crippen molar-refractivity contribution in [1.29, 1.82) is 0 Å². The summed E-state index contributed by atoms with van der Waals surface area (Å²) < 4.78 is 5.18. The zero-order chi connectivity index (χ0) is 12.6. The van der Waals surface area contributed by atoms with E-state index >= 15 is 0 Å². The molecule has 17 heavy (non-hydrogen) atoms. The Morgan fingerprint density at radius 3 is 2.24 bits per heavy atom. The number of ketones is 2. The molecule has 0 radical (unpaired) electrons. The molecule has 1 aromatic rings. The molecular weight excluding hydrogens is 216 g/mol. The van der Waals surface area contributed by atoms with Crippen LogP contribution in [0, 0.1) is 13.8 Å². The minimum Gasteiger partial charge on any atom is -0.490 e. The summed E-state index contributed by atoms with van der Waals surface area (Å²) in [5.74, 6) is -0.219. The minimum atomic E-state index is -0.204. The van der Waals surface area contributed by atoms with E-state index in [9.17, 15) is 9.59 Å². The Morgan fingerprint density at radius 2 is 1.65 bits per heavy atom. The van der Waals surface area contributed by atoms with E-state index in [4.69, 9.17) is 4.74 Å². The molecule has 1 aliphatic carbocycles. The molecule has 0 aromatic heterocycles. The summed E-state index contributed by atoms with van der Waals surface area (Å²) in [6.07, 6.45) is 1.28. The van der Waals surface area contributed by atoms with Crippen LogP contribution < -0.4 is 0 Å². The molecule has 88 valence electrons. The van der Waals surface area contributed by atoms with Crippen LogP contribution in [0.5, 0.6) is 0 Å². The zero-order valence-corrected chi connectivity index (χ0v) is 10.2. The van der Waals surface area contributed by atoms with Gasteiger partial charge in [-0.15, -0.1) is 0 Å². The monoisotopic (exact) mass is 230 g/mol. The SMILES string of the molecule is CCOC1=CC(=O)c2cc(C)c(C)cc2C1=O. The predicted molar refractivity (Wildman–Crippen MR) is 64.3 cm³/mol. The number of rotatable bonds is 2. The van der Waals surface area contributed by atoms with Gasteiger partial charge in [0.2, 0.25) is 5.78 Å². The van der Waals surface area contributed by atoms with E-state index in [1.807, 2.05) is 13.8 Å². The normalized spacial score (nSPS) is 14.4. The first-order chi connectivity index (χ1) is 8.04. The predicted octanol–water partition coefficient (Wildman–Crippen LogP) is 2.60. The summed E-state index contributed by atoms with van der Waals surface area (Å²) >= 11 is 0. The van der Waals surface area contributed by atoms with Crippen molar-refractivity contribution >= 4 is 11.6 Å². The van der Waals surface area contributed by atoms with Crippen LogP contribution in [0.15, 0.2) is 24.0 Å². The average molecular weight is 230 g/mol. The summed E-state index contributed by atoms with van der Waals surface area (Å²) in [7, 11) is 0. The van der Waals surface area contributed by atoms with Gasteiger partial charge in [-0.05, 0) is 44.0 Å². The minimum absolute atomic E-state index is 0.147. The lowest BCUT2D eigenvalue weighted by molar-refractivity contribution is 0.0891. The number of ether oxygens (including phenoxy) is 1. The van der Waals surface area contributed by atoms with Crippen molar-refractivity contribution in [1.82, 2.24) is 0 Å². The molecular formula is C14H14O3. The Labute approximate surface area is 100 Å². The van der Waals surface area contributed by atoms with Gasteiger partial charge in [0.15, 0.2) is 11.5 Å². The van der Waals surface area contributed by atoms with E-state index < -0.39 is 0 Å². The number of hydrogen-bond acceptors (Lipinski definition) is 3. The number of aryl methyl sites for hydroxylation is 2. The topological polar surface area (TPSA) is 43.4 Å². The Kier molecular flexibility index (Phi) is 2.84. The molecule has 2 rings (SSSR count). The number of carbonyl (C=O) groups excluding carboxylic acids is 2. The highest BCUT2D eigenvalue weighted by Crippen LogP contribution is 2.24. The fourth-order valence-electron chi connectivity index (χ4n) is 1.87. The van der Waals surface area contributed by atoms with Gasteiger partial charge in [-0.25, -0.2) is 0 Å². The number of fused-ring (bicyclic) bond motifs is 1. The fourth-order valence-corrected chi connectivity index (χ4v) is 1.87. The summed E-state index contributed by atoms with van der Waals surface area (Å²) in [6.45, 7) is 6.01. The van der Waals surface area contributed by atoms with Gasteiger partial charge in [0.05, 0.1) is 6.61 Å². The van der Waals surface area contributed by atoms with Crippen LogP contribution in [0.2, 0.25) is 0 Å². The maximum Gasteiger partial charge on any atom is 0.228 e. The van der Waals surface area contributed by atoms with E-state index in [0.717, 1.165) is 11.1 Å². The summed E-state index contributed by atoms with van der Waals surface area (Å²) in [5, 5.41) is 0. The highest BCUT2D eigenvalue weighted by Gasteiger charge is 2.27. The van der Waals surface area contributed by atoms with E-state index in [1.165, 1.54) is 6.08 Å². The second-order valence-corrected chi connectivity index (χ2v) is 4.12. The van der Waals surface area contributed by atoms with Crippen LogP contribution in [0.3, 0.4) is 0 Å². The second-order valence-electron chi connectivity index (χ2n) is 4.12. The van der Waals surface area contributed by atoms with E-state index in [2.05, 4.69) is 0 Å². The molecule has 0 unspecified atom stereocenters. The molecule has 0 N–H and O–H groups in total. The Balaban J connectivity index is 2.56. The van der Waals surface area contributed by atoms with Gasteiger partial charge in [0.25, 0.3) is 0 Å². The molecule has 1 aromatic carbocycles. The van der Waals surface area contributed by atoms with Gasteiger partial charge in [0, 0.05) is 17.2 Å². The van der Waals surface area contributed by atoms with Crippen molar-refractivity contribution in [3.8, 4) is 0 Å². The first kappa shape index (κ1) is 11.6. The van der Waals surface area contributed by atoms with Crippen LogP contribution in [0.4, 0.5) is 0 Å². The van der Waals surface area contributed by atoms with Crippen molar-refractivity contribution in [2.45, 2.75) is 20.8 Å². The quantitative estimate of drug-likeness (QED) is 0.784. The van der Waals surface area contributed by atoms with Gasteiger partial charge in [0.1, 0.15) is 0 Å². The van der Waals surface area contributed by atoms with Crippen molar-refractivity contribution in [3.63, 3.8) is 0 Å². The summed E-state index contributed by atoms with van der Waals surface area (Å²) in [5.41, 5.74) is 2.94. The lowest BCUT2D eigenvalue weighted by Crippen LogP contribution is -2.19. The van der Waals surface area contributed by atoms with Crippen LogP contribution in [-0.4, -0.2) is 18.2 Å². The zero-order valence-electron chi connectivity index (χ0n) is 10.2. The van der Waals surface area contributed by atoms with E-state index in [0.29, 0.717) is 17.7 Å². The number of allylic oxidation sites excluding steroid dienone is 2. The molecule has 0 aliphatic heterocycles. The van der Waals surface area contributed by atoms with Crippen molar-refractivity contribution in [2.75, 3.05) is 6.61 Å². The van der Waals surface area contributed by atoms with Gasteiger partial charge in [-0.3, -0.25) is 9.59 Å². The van der Waals surface area contributed by atoms with Gasteiger partial charge in [-0.2, -0.15) is 0 Å². The summed E-state index contributed by atoms with van der Waals surface area (Å²) in [4.78, 5) is 23.9. The lowest BCUT2D eigenvalue weighted by Gasteiger charge is -2.16. The smallest absolute Gasteiger partial charge is 0.228 e. The lowest BCUT2D eigenvalue weighted by atomic mass is 9.90. The second kappa shape index (κ2) is 4.17. The molecule has 0 heterocycles. The number of Topliss-reactive ketones (excluding diaryl/α,β-unsaturated/α-hetero) is 1. The molecule has 3 heteroatoms. The molecule has 0 saturated carbocycles. The molecule has 0 saturated heterocycles. The van der Waals surface area contributed by atoms with Crippen molar-refractivity contribution < 1.29 is 14.3 Å². The number of benzene rings is 1. The number of hydrogen-bond donors (Lipinski definition) is 0. The van der Waals surface area contributed by atoms with Crippen LogP contribution >= 0.6 is 0 Å². The Hall–Kier alpha value is -1.90. The third kappa shape index (κ3) is 1.88. The Bertz CT molecular complexity index is 539. The molecule has 1 aliphatic rings. The molecule has 0 atom stereocenters. The molecule has 0 bridgehead atoms. The first-order valence-corrected chi connectivity index (χ1v) is 5.59. The van der Waals surface area contributed by atoms with Gasteiger partial charge in [-0.1, -0.05) is 0 Å². The van der Waals surface area contributed by atoms with Gasteiger partial charge >= 0.3 is 0 Å². The van der Waals surface area contributed by atoms with E-state index in [-0.39, 0.29) is 17.3 Å². The van der Waals surface area contributed by atoms with Crippen molar-refractivity contribution in [3.05, 3.63) is 46.2 Å². The fraction of sp³-hybridized carbons (Fsp3) is 0.286. The molecule has 0 fully saturated rings. The largest absolute Gasteiger partial charge is 0.490 e. The average Bonchev–Trinajstić information content (AvgIpc) is 2.29. The van der Waals surface area contributed by atoms with Crippen LogP contribution in [0.25, 0.3) is 0 Å². The van der Waals surface area contributed by atoms with E-state index in [1.54, 1.807) is 19.1 Å². The Morgan fingerprint density at radius 1 is 1.06 bits per heavy atom. The maximum absolute atomic E-state index is 12.1. The van der Waals surface area contributed by atoms with Gasteiger partial charge < -0.3 is 4.74 Å². The number of carbonyl (C=O) groups is 2. The van der Waals surface area contributed by atoms with Crippen LogP contribution in [0.1, 0.15) is 38.8 Å². The third-order valence-electron chi connectivity index (χ3n) is 2.93.